The van der Waals surface area contributed by atoms with Gasteiger partial charge in [-0.1, -0.05) is 11.6 Å². The van der Waals surface area contributed by atoms with Crippen LogP contribution in [-0.4, -0.2) is 47.0 Å². The molecule has 10 heteroatoms. The monoisotopic (exact) mass is 430 g/mol. The van der Waals surface area contributed by atoms with Crippen LogP contribution in [0.4, 0.5) is 5.69 Å². The average Bonchev–Trinajstić information content (AvgIpc) is 3.27. The number of hydrogen-bond acceptors (Lipinski definition) is 7. The molecule has 0 unspecified atom stereocenters. The quantitative estimate of drug-likeness (QED) is 0.547. The molecule has 0 saturated heterocycles. The van der Waals surface area contributed by atoms with Gasteiger partial charge >= 0.3 is 5.97 Å². The van der Waals surface area contributed by atoms with E-state index in [9.17, 15) is 9.59 Å². The van der Waals surface area contributed by atoms with Crippen LogP contribution < -0.4 is 14.8 Å². The summed E-state index contributed by atoms with van der Waals surface area (Å²) in [6, 6.07) is 9.54. The Morgan fingerprint density at radius 1 is 1.17 bits per heavy atom. The van der Waals surface area contributed by atoms with E-state index >= 15 is 0 Å². The summed E-state index contributed by atoms with van der Waals surface area (Å²) < 4.78 is 17.2. The number of benzene rings is 2. The Labute approximate surface area is 177 Å². The summed E-state index contributed by atoms with van der Waals surface area (Å²) in [5, 5.41) is 7.13. The van der Waals surface area contributed by atoms with Crippen molar-refractivity contribution in [2.75, 3.05) is 25.6 Å². The molecule has 0 radical (unpaired) electrons. The molecule has 9 nitrogen and oxygen atoms in total. The minimum atomic E-state index is -0.670. The van der Waals surface area contributed by atoms with E-state index in [4.69, 9.17) is 25.8 Å². The predicted molar refractivity (Wildman–Crippen MR) is 109 cm³/mol. The zero-order chi connectivity index (χ0) is 21.5. The fourth-order valence-corrected chi connectivity index (χ4v) is 2.79. The Bertz CT molecular complexity index is 1040. The molecule has 0 aliphatic heterocycles. The maximum Gasteiger partial charge on any atom is 0.338 e. The van der Waals surface area contributed by atoms with E-state index in [1.807, 2.05) is 6.92 Å². The zero-order valence-electron chi connectivity index (χ0n) is 16.3. The van der Waals surface area contributed by atoms with Crippen LogP contribution in [0.15, 0.2) is 49.1 Å². The van der Waals surface area contributed by atoms with Crippen molar-refractivity contribution in [3.05, 3.63) is 59.6 Å². The first-order valence-electron chi connectivity index (χ1n) is 8.94. The summed E-state index contributed by atoms with van der Waals surface area (Å²) in [7, 11) is 1.50. The van der Waals surface area contributed by atoms with Gasteiger partial charge in [-0.25, -0.2) is 14.5 Å². The van der Waals surface area contributed by atoms with Gasteiger partial charge in [0, 0.05) is 5.02 Å². The van der Waals surface area contributed by atoms with E-state index in [2.05, 4.69) is 15.4 Å². The molecule has 30 heavy (non-hydrogen) atoms. The topological polar surface area (TPSA) is 105 Å². The molecule has 1 heterocycles. The van der Waals surface area contributed by atoms with Crippen molar-refractivity contribution in [3.63, 3.8) is 0 Å². The molecule has 1 N–H and O–H groups in total. The molecule has 1 amide bonds. The molecule has 2 aromatic carbocycles. The summed E-state index contributed by atoms with van der Waals surface area (Å²) >= 11 is 6.03. The van der Waals surface area contributed by atoms with Gasteiger partial charge < -0.3 is 19.5 Å². The standard InChI is InChI=1S/C20H19ClN4O5/c1-3-29-18-8-13(4-7-17(18)28-2)20(27)30-10-19(26)24-15-9-14(21)5-6-16(15)25-12-22-11-23-25/h4-9,11-12H,3,10H2,1-2H3,(H,24,26). The molecule has 0 bridgehead atoms. The van der Waals surface area contributed by atoms with E-state index < -0.39 is 18.5 Å². The number of halogens is 1. The van der Waals surface area contributed by atoms with Gasteiger partial charge in [0.15, 0.2) is 18.1 Å². The number of amides is 1. The summed E-state index contributed by atoms with van der Waals surface area (Å²) in [5.74, 6) is -0.301. The fourth-order valence-electron chi connectivity index (χ4n) is 2.61. The van der Waals surface area contributed by atoms with Crippen LogP contribution in [0.2, 0.25) is 5.02 Å². The summed E-state index contributed by atoms with van der Waals surface area (Å²) in [6.07, 6.45) is 2.85. The van der Waals surface area contributed by atoms with E-state index in [0.29, 0.717) is 34.5 Å². The number of nitrogens with one attached hydrogen (secondary N) is 1. The highest BCUT2D eigenvalue weighted by atomic mass is 35.5. The molecule has 156 valence electrons. The highest BCUT2D eigenvalue weighted by molar-refractivity contribution is 6.31. The number of nitrogens with zero attached hydrogens (tertiary/aromatic N) is 3. The van der Waals surface area contributed by atoms with Crippen LogP contribution in [-0.2, 0) is 9.53 Å². The predicted octanol–water partition coefficient (Wildman–Crippen LogP) is 3.12. The summed E-state index contributed by atoms with van der Waals surface area (Å²) in [6.45, 7) is 1.74. The molecule has 1 aromatic heterocycles. The van der Waals surface area contributed by atoms with Gasteiger partial charge in [0.25, 0.3) is 5.91 Å². The van der Waals surface area contributed by atoms with Crippen molar-refractivity contribution in [1.82, 2.24) is 14.8 Å². The number of rotatable bonds is 8. The minimum Gasteiger partial charge on any atom is -0.493 e. The number of ether oxygens (including phenoxy) is 3. The molecule has 0 saturated carbocycles. The van der Waals surface area contributed by atoms with E-state index in [-0.39, 0.29) is 5.56 Å². The molecule has 3 rings (SSSR count). The Morgan fingerprint density at radius 2 is 2.00 bits per heavy atom. The second-order valence-corrected chi connectivity index (χ2v) is 6.36. The van der Waals surface area contributed by atoms with Crippen LogP contribution in [0.25, 0.3) is 5.69 Å². The minimum absolute atomic E-state index is 0.234. The SMILES string of the molecule is CCOc1cc(C(=O)OCC(=O)Nc2cc(Cl)ccc2-n2cncn2)ccc1OC. The van der Waals surface area contributed by atoms with E-state index in [1.165, 1.54) is 36.6 Å². The molecular weight excluding hydrogens is 412 g/mol. The van der Waals surface area contributed by atoms with Crippen LogP contribution in [0.1, 0.15) is 17.3 Å². The normalized spacial score (nSPS) is 10.4. The van der Waals surface area contributed by atoms with Crippen LogP contribution in [0.3, 0.4) is 0 Å². The molecule has 0 fully saturated rings. The van der Waals surface area contributed by atoms with Crippen molar-refractivity contribution in [1.29, 1.82) is 0 Å². The molecule has 0 aliphatic rings. The van der Waals surface area contributed by atoms with E-state index in [1.54, 1.807) is 24.3 Å². The van der Waals surface area contributed by atoms with Crippen LogP contribution in [0.5, 0.6) is 11.5 Å². The lowest BCUT2D eigenvalue weighted by Gasteiger charge is -2.12. The van der Waals surface area contributed by atoms with Gasteiger partial charge in [-0.2, -0.15) is 5.10 Å². The highest BCUT2D eigenvalue weighted by Crippen LogP contribution is 2.28. The summed E-state index contributed by atoms with van der Waals surface area (Å²) in [4.78, 5) is 28.5. The Kier molecular flexibility index (Phi) is 6.87. The number of hydrogen-bond donors (Lipinski definition) is 1. The number of anilines is 1. The van der Waals surface area contributed by atoms with Gasteiger partial charge in [0.05, 0.1) is 30.7 Å². The van der Waals surface area contributed by atoms with Gasteiger partial charge in [0.1, 0.15) is 12.7 Å². The van der Waals surface area contributed by atoms with Crippen molar-refractivity contribution >= 4 is 29.2 Å². The Hall–Kier alpha value is -3.59. The lowest BCUT2D eigenvalue weighted by molar-refractivity contribution is -0.119. The van der Waals surface area contributed by atoms with Crippen molar-refractivity contribution in [3.8, 4) is 17.2 Å². The van der Waals surface area contributed by atoms with Gasteiger partial charge in [-0.05, 0) is 43.3 Å². The molecule has 3 aromatic rings. The Morgan fingerprint density at radius 3 is 2.70 bits per heavy atom. The largest absolute Gasteiger partial charge is 0.493 e. The molecular formula is C20H19ClN4O5. The maximum atomic E-state index is 12.3. The Balaban J connectivity index is 1.66. The zero-order valence-corrected chi connectivity index (χ0v) is 17.0. The average molecular weight is 431 g/mol. The first kappa shape index (κ1) is 21.1. The number of carbonyl (C=O) groups excluding carboxylic acids is 2. The highest BCUT2D eigenvalue weighted by Gasteiger charge is 2.15. The third-order valence-electron chi connectivity index (χ3n) is 3.93. The maximum absolute atomic E-state index is 12.3. The van der Waals surface area contributed by atoms with Crippen molar-refractivity contribution < 1.29 is 23.8 Å². The third kappa shape index (κ3) is 5.06. The van der Waals surface area contributed by atoms with Gasteiger partial charge in [-0.3, -0.25) is 4.79 Å². The van der Waals surface area contributed by atoms with Gasteiger partial charge in [-0.15, -0.1) is 0 Å². The smallest absolute Gasteiger partial charge is 0.338 e. The van der Waals surface area contributed by atoms with Crippen LogP contribution >= 0.6 is 11.6 Å². The van der Waals surface area contributed by atoms with Crippen molar-refractivity contribution in [2.45, 2.75) is 6.92 Å². The van der Waals surface area contributed by atoms with Gasteiger partial charge in [0.2, 0.25) is 0 Å². The lowest BCUT2D eigenvalue weighted by Crippen LogP contribution is -2.22. The molecule has 0 spiro atoms. The molecule has 0 atom stereocenters. The second-order valence-electron chi connectivity index (χ2n) is 5.92. The number of carbonyl (C=O) groups is 2. The lowest BCUT2D eigenvalue weighted by atomic mass is 10.2. The third-order valence-corrected chi connectivity index (χ3v) is 4.17. The van der Waals surface area contributed by atoms with E-state index in [0.717, 1.165) is 0 Å². The molecule has 0 aliphatic carbocycles. The van der Waals surface area contributed by atoms with Crippen molar-refractivity contribution in [2.24, 2.45) is 0 Å². The number of methoxy groups -OCH3 is 1. The second kappa shape index (κ2) is 9.75. The summed E-state index contributed by atoms with van der Waals surface area (Å²) in [5.41, 5.74) is 1.20. The first-order chi connectivity index (χ1) is 14.5. The first-order valence-corrected chi connectivity index (χ1v) is 9.32. The number of esters is 1. The fraction of sp³-hybridized carbons (Fsp3) is 0.200. The van der Waals surface area contributed by atoms with Crippen LogP contribution in [0, 0.1) is 0 Å². The number of aromatic nitrogens is 3.